The summed E-state index contributed by atoms with van der Waals surface area (Å²) in [6.07, 6.45) is 0. The summed E-state index contributed by atoms with van der Waals surface area (Å²) in [4.78, 5) is 10.5. The van der Waals surface area contributed by atoms with Gasteiger partial charge in [-0.25, -0.2) is 4.79 Å². The van der Waals surface area contributed by atoms with Crippen LogP contribution in [0.5, 0.6) is 0 Å². The van der Waals surface area contributed by atoms with Crippen LogP contribution in [-0.2, 0) is 4.74 Å². The van der Waals surface area contributed by atoms with Crippen molar-refractivity contribution in [3.8, 4) is 0 Å². The Morgan fingerprint density at radius 3 is 2.75 bits per heavy atom. The number of carbonyl (C=O) groups is 1. The van der Waals surface area contributed by atoms with Crippen molar-refractivity contribution in [1.82, 2.24) is 10.2 Å². The van der Waals surface area contributed by atoms with Crippen LogP contribution >= 0.6 is 0 Å². The summed E-state index contributed by atoms with van der Waals surface area (Å²) in [5, 5.41) is 27.1. The average molecular weight is 227 g/mol. The Kier molecular flexibility index (Phi) is 5.17. The molecule has 0 bridgehead atoms. The fourth-order valence-corrected chi connectivity index (χ4v) is 0.958. The molecule has 0 unspecified atom stereocenters. The zero-order valence-electron chi connectivity index (χ0n) is 8.59. The Morgan fingerprint density at radius 1 is 1.38 bits per heavy atom. The molecule has 0 aromatic carbocycles. The van der Waals surface area contributed by atoms with Crippen molar-refractivity contribution in [2.75, 3.05) is 31.7 Å². The fraction of sp³-hybridized carbons (Fsp3) is 0.444. The number of aromatic carboxylic acids is 1. The molecule has 1 aromatic heterocycles. The van der Waals surface area contributed by atoms with Crippen LogP contribution in [0.1, 0.15) is 10.5 Å². The van der Waals surface area contributed by atoms with Gasteiger partial charge < -0.3 is 20.3 Å². The Balaban J connectivity index is 2.29. The molecule has 0 saturated carbocycles. The highest BCUT2D eigenvalue weighted by Gasteiger charge is 2.04. The molecule has 0 atom stereocenters. The van der Waals surface area contributed by atoms with Crippen LogP contribution in [0.2, 0.25) is 0 Å². The molecular weight excluding hydrogens is 214 g/mol. The van der Waals surface area contributed by atoms with Crippen LogP contribution in [0.4, 0.5) is 5.82 Å². The van der Waals surface area contributed by atoms with E-state index in [1.54, 1.807) is 0 Å². The number of hydrogen-bond donors (Lipinski definition) is 3. The van der Waals surface area contributed by atoms with E-state index < -0.39 is 5.97 Å². The first kappa shape index (κ1) is 12.3. The van der Waals surface area contributed by atoms with Gasteiger partial charge in [-0.15, -0.1) is 10.2 Å². The van der Waals surface area contributed by atoms with Crippen LogP contribution < -0.4 is 5.32 Å². The first-order chi connectivity index (χ1) is 7.74. The zero-order valence-corrected chi connectivity index (χ0v) is 8.59. The van der Waals surface area contributed by atoms with E-state index in [0.717, 1.165) is 0 Å². The average Bonchev–Trinajstić information content (AvgIpc) is 2.29. The van der Waals surface area contributed by atoms with Crippen LogP contribution in [-0.4, -0.2) is 52.7 Å². The summed E-state index contributed by atoms with van der Waals surface area (Å²) in [5.41, 5.74) is -0.0953. The number of ether oxygens (including phenoxy) is 1. The molecular formula is C9H13N3O4. The molecule has 1 heterocycles. The number of nitrogens with one attached hydrogen (secondary N) is 1. The minimum atomic E-state index is -1.11. The normalized spacial score (nSPS) is 10.1. The summed E-state index contributed by atoms with van der Waals surface area (Å²) in [7, 11) is 0. The molecule has 0 fully saturated rings. The number of carboxylic acid groups (broad SMARTS) is 1. The molecule has 0 aliphatic rings. The molecule has 7 heteroatoms. The Hall–Kier alpha value is -1.73. The molecule has 1 aromatic rings. The van der Waals surface area contributed by atoms with Gasteiger partial charge in [-0.1, -0.05) is 0 Å². The third-order valence-electron chi connectivity index (χ3n) is 1.67. The highest BCUT2D eigenvalue weighted by molar-refractivity contribution is 5.85. The van der Waals surface area contributed by atoms with Crippen molar-refractivity contribution in [2.24, 2.45) is 0 Å². The maximum atomic E-state index is 10.5. The number of aliphatic hydroxyl groups is 1. The molecule has 16 heavy (non-hydrogen) atoms. The summed E-state index contributed by atoms with van der Waals surface area (Å²) in [6, 6.07) is 2.90. The first-order valence-electron chi connectivity index (χ1n) is 4.73. The number of rotatable bonds is 7. The van der Waals surface area contributed by atoms with Crippen molar-refractivity contribution in [3.63, 3.8) is 0 Å². The Morgan fingerprint density at radius 2 is 2.19 bits per heavy atom. The first-order valence-corrected chi connectivity index (χ1v) is 4.73. The van der Waals surface area contributed by atoms with E-state index >= 15 is 0 Å². The van der Waals surface area contributed by atoms with E-state index in [9.17, 15) is 4.79 Å². The lowest BCUT2D eigenvalue weighted by molar-refractivity contribution is 0.0689. The number of carboxylic acids is 1. The second-order valence-electron chi connectivity index (χ2n) is 2.87. The molecule has 1 rings (SSSR count). The van der Waals surface area contributed by atoms with Gasteiger partial charge in [0, 0.05) is 6.54 Å². The SMILES string of the molecule is O=C(O)c1ccc(NCCOCCO)nn1. The molecule has 0 saturated heterocycles. The molecule has 0 amide bonds. The zero-order chi connectivity index (χ0) is 11.8. The standard InChI is InChI=1S/C9H13N3O4/c13-4-6-16-5-3-10-8-2-1-7(9(14)15)11-12-8/h1-2,13H,3-6H2,(H,10,12)(H,14,15). The number of aliphatic hydroxyl groups excluding tert-OH is 1. The molecule has 0 aliphatic heterocycles. The molecule has 0 spiro atoms. The predicted octanol–water partition coefficient (Wildman–Crippen LogP) is -0.404. The second-order valence-corrected chi connectivity index (χ2v) is 2.87. The Labute approximate surface area is 92.1 Å². The van der Waals surface area contributed by atoms with E-state index in [-0.39, 0.29) is 12.3 Å². The molecule has 0 aliphatic carbocycles. The summed E-state index contributed by atoms with van der Waals surface area (Å²) in [5.74, 6) is -0.622. The molecule has 88 valence electrons. The predicted molar refractivity (Wildman–Crippen MR) is 55.4 cm³/mol. The third-order valence-corrected chi connectivity index (χ3v) is 1.67. The topological polar surface area (TPSA) is 105 Å². The van der Waals surface area contributed by atoms with Gasteiger partial charge in [0.1, 0.15) is 5.82 Å². The number of anilines is 1. The van der Waals surface area contributed by atoms with Crippen molar-refractivity contribution in [1.29, 1.82) is 0 Å². The van der Waals surface area contributed by atoms with E-state index in [4.69, 9.17) is 14.9 Å². The largest absolute Gasteiger partial charge is 0.476 e. The molecule has 3 N–H and O–H groups in total. The highest BCUT2D eigenvalue weighted by atomic mass is 16.5. The summed E-state index contributed by atoms with van der Waals surface area (Å²) >= 11 is 0. The van der Waals surface area contributed by atoms with E-state index in [0.29, 0.717) is 25.6 Å². The van der Waals surface area contributed by atoms with Crippen molar-refractivity contribution in [3.05, 3.63) is 17.8 Å². The fourth-order valence-electron chi connectivity index (χ4n) is 0.958. The van der Waals surface area contributed by atoms with Crippen molar-refractivity contribution < 1.29 is 19.7 Å². The monoisotopic (exact) mass is 227 g/mol. The number of aromatic nitrogens is 2. The van der Waals surface area contributed by atoms with Gasteiger partial charge in [0.2, 0.25) is 0 Å². The minimum absolute atomic E-state index is 0.00683. The lowest BCUT2D eigenvalue weighted by Gasteiger charge is -2.04. The van der Waals surface area contributed by atoms with Gasteiger partial charge in [-0.2, -0.15) is 0 Å². The van der Waals surface area contributed by atoms with E-state index in [1.165, 1.54) is 12.1 Å². The van der Waals surface area contributed by atoms with Gasteiger partial charge in [0.05, 0.1) is 19.8 Å². The lowest BCUT2D eigenvalue weighted by Crippen LogP contribution is -2.13. The lowest BCUT2D eigenvalue weighted by atomic mass is 10.4. The third kappa shape index (κ3) is 4.20. The van der Waals surface area contributed by atoms with Gasteiger partial charge in [-0.3, -0.25) is 0 Å². The van der Waals surface area contributed by atoms with E-state index in [2.05, 4.69) is 15.5 Å². The second kappa shape index (κ2) is 6.70. The number of nitrogens with zero attached hydrogens (tertiary/aromatic N) is 2. The van der Waals surface area contributed by atoms with Gasteiger partial charge in [0.25, 0.3) is 0 Å². The van der Waals surface area contributed by atoms with Gasteiger partial charge in [0.15, 0.2) is 5.69 Å². The van der Waals surface area contributed by atoms with Gasteiger partial charge >= 0.3 is 5.97 Å². The highest BCUT2D eigenvalue weighted by Crippen LogP contribution is 2.01. The van der Waals surface area contributed by atoms with Crippen LogP contribution in [0.15, 0.2) is 12.1 Å². The maximum Gasteiger partial charge on any atom is 0.356 e. The summed E-state index contributed by atoms with van der Waals surface area (Å²) < 4.78 is 5.01. The van der Waals surface area contributed by atoms with Crippen molar-refractivity contribution in [2.45, 2.75) is 0 Å². The van der Waals surface area contributed by atoms with E-state index in [1.807, 2.05) is 0 Å². The van der Waals surface area contributed by atoms with Crippen LogP contribution in [0.3, 0.4) is 0 Å². The maximum absolute atomic E-state index is 10.5. The Bertz CT molecular complexity index is 328. The van der Waals surface area contributed by atoms with Crippen molar-refractivity contribution >= 4 is 11.8 Å². The van der Waals surface area contributed by atoms with Crippen LogP contribution in [0, 0.1) is 0 Å². The van der Waals surface area contributed by atoms with Crippen LogP contribution in [0.25, 0.3) is 0 Å². The number of hydrogen-bond acceptors (Lipinski definition) is 6. The van der Waals surface area contributed by atoms with Gasteiger partial charge in [-0.05, 0) is 12.1 Å². The summed E-state index contributed by atoms with van der Waals surface area (Å²) in [6.45, 7) is 1.24. The molecule has 0 radical (unpaired) electrons. The quantitative estimate of drug-likeness (QED) is 0.544. The smallest absolute Gasteiger partial charge is 0.356 e. The molecule has 7 nitrogen and oxygen atoms in total. The minimum Gasteiger partial charge on any atom is -0.476 e.